The molecule has 1 aliphatic rings. The van der Waals surface area contributed by atoms with Gasteiger partial charge in [-0.2, -0.15) is 0 Å². The molecule has 18 heavy (non-hydrogen) atoms. The normalized spacial score (nSPS) is 12.1. The fraction of sp³-hybridized carbons (Fsp3) is 0.533. The summed E-state index contributed by atoms with van der Waals surface area (Å²) in [5.41, 5.74) is 7.35. The molecule has 2 N–H and O–H groups in total. The molecular formula is C15H26N2O. The van der Waals surface area contributed by atoms with Gasteiger partial charge in [-0.25, -0.2) is 0 Å². The molecule has 2 rings (SSSR count). The van der Waals surface area contributed by atoms with Crippen molar-refractivity contribution >= 4 is 5.91 Å². The van der Waals surface area contributed by atoms with Crippen molar-refractivity contribution in [1.29, 1.82) is 0 Å². The number of nitrogens with zero attached hydrogens (tertiary/aromatic N) is 1. The quantitative estimate of drug-likeness (QED) is 0.877. The van der Waals surface area contributed by atoms with E-state index in [1.54, 1.807) is 4.90 Å². The molecule has 0 spiro atoms. The number of fused-ring (bicyclic) bond motifs is 1. The van der Waals surface area contributed by atoms with E-state index in [9.17, 15) is 4.79 Å². The van der Waals surface area contributed by atoms with Gasteiger partial charge in [0.2, 0.25) is 0 Å². The first-order chi connectivity index (χ1) is 8.74. The SMILES string of the molecule is CC.CCC.NCCN1Cc2ccccc2C1=O. The molecule has 3 nitrogen and oxygen atoms in total. The molecule has 0 saturated carbocycles. The minimum Gasteiger partial charge on any atom is -0.333 e. The molecule has 0 atom stereocenters. The number of nitrogens with two attached hydrogens (primary N) is 1. The Hall–Kier alpha value is -1.35. The molecule has 1 aromatic rings. The number of carbonyl (C=O) groups excluding carboxylic acids is 1. The first-order valence-electron chi connectivity index (χ1n) is 6.81. The van der Waals surface area contributed by atoms with Crippen LogP contribution in [0.3, 0.4) is 0 Å². The molecule has 0 bridgehead atoms. The number of benzene rings is 1. The monoisotopic (exact) mass is 250 g/mol. The van der Waals surface area contributed by atoms with Gasteiger partial charge < -0.3 is 10.6 Å². The predicted octanol–water partition coefficient (Wildman–Crippen LogP) is 3.04. The summed E-state index contributed by atoms with van der Waals surface area (Å²) in [6, 6.07) is 7.71. The van der Waals surface area contributed by atoms with Crippen LogP contribution in [0.1, 0.15) is 50.0 Å². The van der Waals surface area contributed by atoms with Gasteiger partial charge in [-0.15, -0.1) is 0 Å². The number of hydrogen-bond donors (Lipinski definition) is 1. The lowest BCUT2D eigenvalue weighted by atomic mass is 10.1. The number of rotatable bonds is 2. The molecule has 1 aliphatic heterocycles. The summed E-state index contributed by atoms with van der Waals surface area (Å²) in [6.07, 6.45) is 1.25. The van der Waals surface area contributed by atoms with E-state index in [-0.39, 0.29) is 5.91 Å². The Morgan fingerprint density at radius 3 is 2.28 bits per heavy atom. The molecule has 102 valence electrons. The topological polar surface area (TPSA) is 46.3 Å². The first kappa shape index (κ1) is 16.6. The zero-order valence-corrected chi connectivity index (χ0v) is 12.1. The Bertz CT molecular complexity index is 350. The fourth-order valence-electron chi connectivity index (χ4n) is 1.65. The maximum absolute atomic E-state index is 11.7. The second-order valence-corrected chi connectivity index (χ2v) is 3.88. The van der Waals surface area contributed by atoms with Gasteiger partial charge in [0.15, 0.2) is 0 Å². The van der Waals surface area contributed by atoms with Crippen LogP contribution in [0.15, 0.2) is 24.3 Å². The van der Waals surface area contributed by atoms with Crippen LogP contribution in [0.4, 0.5) is 0 Å². The van der Waals surface area contributed by atoms with Crippen molar-refractivity contribution in [3.63, 3.8) is 0 Å². The van der Waals surface area contributed by atoms with Crippen LogP contribution in [-0.2, 0) is 6.54 Å². The van der Waals surface area contributed by atoms with Gasteiger partial charge in [-0.05, 0) is 11.6 Å². The number of carbonyl (C=O) groups is 1. The molecule has 0 saturated heterocycles. The van der Waals surface area contributed by atoms with Crippen LogP contribution in [-0.4, -0.2) is 23.9 Å². The minimum absolute atomic E-state index is 0.112. The van der Waals surface area contributed by atoms with E-state index < -0.39 is 0 Å². The summed E-state index contributed by atoms with van der Waals surface area (Å²) in [5.74, 6) is 0.112. The second-order valence-electron chi connectivity index (χ2n) is 3.88. The van der Waals surface area contributed by atoms with Crippen molar-refractivity contribution in [2.45, 2.75) is 40.7 Å². The highest BCUT2D eigenvalue weighted by Crippen LogP contribution is 2.21. The lowest BCUT2D eigenvalue weighted by Gasteiger charge is -2.13. The lowest BCUT2D eigenvalue weighted by molar-refractivity contribution is 0.0783. The van der Waals surface area contributed by atoms with Crippen molar-refractivity contribution < 1.29 is 4.79 Å². The lowest BCUT2D eigenvalue weighted by Crippen LogP contribution is -2.29. The van der Waals surface area contributed by atoms with Gasteiger partial charge in [0.25, 0.3) is 5.91 Å². The van der Waals surface area contributed by atoms with Crippen LogP contribution >= 0.6 is 0 Å². The van der Waals surface area contributed by atoms with Gasteiger partial charge in [-0.1, -0.05) is 52.3 Å². The average Bonchev–Trinajstić information content (AvgIpc) is 2.71. The van der Waals surface area contributed by atoms with Gasteiger partial charge in [0.05, 0.1) is 0 Å². The van der Waals surface area contributed by atoms with E-state index in [1.165, 1.54) is 6.42 Å². The van der Waals surface area contributed by atoms with E-state index in [4.69, 9.17) is 5.73 Å². The summed E-state index contributed by atoms with van der Waals surface area (Å²) in [4.78, 5) is 13.4. The molecule has 1 amide bonds. The van der Waals surface area contributed by atoms with E-state index in [1.807, 2.05) is 38.1 Å². The van der Waals surface area contributed by atoms with E-state index >= 15 is 0 Å². The zero-order valence-electron chi connectivity index (χ0n) is 12.1. The molecular weight excluding hydrogens is 224 g/mol. The Morgan fingerprint density at radius 1 is 1.22 bits per heavy atom. The van der Waals surface area contributed by atoms with Gasteiger partial charge in [-0.3, -0.25) is 4.79 Å². The van der Waals surface area contributed by atoms with Gasteiger partial charge in [0, 0.05) is 25.2 Å². The fourth-order valence-corrected chi connectivity index (χ4v) is 1.65. The Morgan fingerprint density at radius 2 is 1.78 bits per heavy atom. The van der Waals surface area contributed by atoms with Crippen LogP contribution in [0.2, 0.25) is 0 Å². The highest BCUT2D eigenvalue weighted by Gasteiger charge is 2.25. The summed E-state index contributed by atoms with van der Waals surface area (Å²) in [5, 5.41) is 0. The van der Waals surface area contributed by atoms with Gasteiger partial charge >= 0.3 is 0 Å². The summed E-state index contributed by atoms with van der Waals surface area (Å²) < 4.78 is 0. The number of amides is 1. The molecule has 1 heterocycles. The van der Waals surface area contributed by atoms with E-state index in [0.717, 1.165) is 11.1 Å². The van der Waals surface area contributed by atoms with Crippen molar-refractivity contribution in [3.8, 4) is 0 Å². The van der Waals surface area contributed by atoms with Crippen LogP contribution in [0.25, 0.3) is 0 Å². The van der Waals surface area contributed by atoms with Crippen molar-refractivity contribution in [1.82, 2.24) is 4.90 Å². The Labute approximate surface area is 111 Å². The maximum Gasteiger partial charge on any atom is 0.254 e. The summed E-state index contributed by atoms with van der Waals surface area (Å²) >= 11 is 0. The number of hydrogen-bond acceptors (Lipinski definition) is 2. The Balaban J connectivity index is 0.000000509. The van der Waals surface area contributed by atoms with Crippen LogP contribution < -0.4 is 5.73 Å². The van der Waals surface area contributed by atoms with Crippen LogP contribution in [0.5, 0.6) is 0 Å². The third-order valence-corrected chi connectivity index (χ3v) is 2.30. The summed E-state index contributed by atoms with van der Waals surface area (Å²) in [7, 11) is 0. The van der Waals surface area contributed by atoms with Crippen molar-refractivity contribution in [3.05, 3.63) is 35.4 Å². The third kappa shape index (κ3) is 4.49. The summed E-state index contributed by atoms with van der Waals surface area (Å²) in [6.45, 7) is 10.1. The highest BCUT2D eigenvalue weighted by molar-refractivity contribution is 5.98. The zero-order chi connectivity index (χ0) is 14.0. The highest BCUT2D eigenvalue weighted by atomic mass is 16.2. The first-order valence-corrected chi connectivity index (χ1v) is 6.81. The minimum atomic E-state index is 0.112. The van der Waals surface area contributed by atoms with Crippen LogP contribution in [0, 0.1) is 0 Å². The smallest absolute Gasteiger partial charge is 0.254 e. The molecule has 0 radical (unpaired) electrons. The molecule has 1 aromatic carbocycles. The van der Waals surface area contributed by atoms with Crippen molar-refractivity contribution in [2.75, 3.05) is 13.1 Å². The molecule has 0 fully saturated rings. The molecule has 0 unspecified atom stereocenters. The molecule has 3 heteroatoms. The molecule has 0 aromatic heterocycles. The maximum atomic E-state index is 11.7. The largest absolute Gasteiger partial charge is 0.333 e. The second kappa shape index (κ2) is 9.66. The Kier molecular flexibility index (Phi) is 8.93. The van der Waals surface area contributed by atoms with Gasteiger partial charge in [0.1, 0.15) is 0 Å². The molecule has 0 aliphatic carbocycles. The average molecular weight is 250 g/mol. The predicted molar refractivity (Wildman–Crippen MR) is 77.5 cm³/mol. The van der Waals surface area contributed by atoms with Crippen molar-refractivity contribution in [2.24, 2.45) is 5.73 Å². The third-order valence-electron chi connectivity index (χ3n) is 2.30. The van der Waals surface area contributed by atoms with E-state index in [0.29, 0.717) is 19.6 Å². The standard InChI is InChI=1S/C10H12N2O.C3H8.C2H6/c11-5-6-12-7-8-3-1-2-4-9(8)10(12)13;1-3-2;1-2/h1-4H,5-7,11H2;3H2,1-2H3;1-2H3. The van der Waals surface area contributed by atoms with E-state index in [2.05, 4.69) is 13.8 Å².